The van der Waals surface area contributed by atoms with Crippen LogP contribution in [0.2, 0.25) is 0 Å². The molecule has 0 spiro atoms. The summed E-state index contributed by atoms with van der Waals surface area (Å²) in [6, 6.07) is 0.520. The molecule has 10 heteroatoms. The number of aromatic nitrogens is 6. The SMILES string of the molecule is [2H]c1c([2H])c([2H])c(-c2nc(N)n3c(=O)n(Cc4ncoc4C)nc3c2-c2cc(C)nc(CO)c2)c([2H])c1[2H]. The van der Waals surface area contributed by atoms with Crippen LogP contribution in [-0.2, 0) is 13.2 Å². The lowest BCUT2D eigenvalue weighted by molar-refractivity contribution is 0.276. The van der Waals surface area contributed by atoms with Crippen molar-refractivity contribution in [2.75, 3.05) is 5.73 Å². The molecule has 0 aliphatic carbocycles. The van der Waals surface area contributed by atoms with E-state index in [0.29, 0.717) is 28.4 Å². The Morgan fingerprint density at radius 2 is 1.94 bits per heavy atom. The third-order valence-electron chi connectivity index (χ3n) is 5.09. The van der Waals surface area contributed by atoms with Crippen molar-refractivity contribution in [2.45, 2.75) is 27.0 Å². The highest BCUT2D eigenvalue weighted by molar-refractivity contribution is 5.90. The number of anilines is 1. The minimum Gasteiger partial charge on any atom is -0.448 e. The van der Waals surface area contributed by atoms with E-state index in [1.165, 1.54) is 6.39 Å². The minimum atomic E-state index is -0.630. The van der Waals surface area contributed by atoms with E-state index in [1.807, 2.05) is 0 Å². The van der Waals surface area contributed by atoms with Gasteiger partial charge in [0.1, 0.15) is 11.5 Å². The van der Waals surface area contributed by atoms with E-state index in [0.717, 1.165) is 9.08 Å². The zero-order chi connectivity index (χ0) is 27.5. The van der Waals surface area contributed by atoms with Crippen LogP contribution in [0, 0.1) is 13.8 Å². The standard InChI is InChI=1S/C23H21N7O3/c1-13-8-16(9-17(11-31)26-13)19-20(15-6-4-3-5-7-15)27-22(24)30-21(19)28-29(23(30)32)10-18-14(2)33-12-25-18/h3-9,12,31H,10-11H2,1-2H3,(H2,24,27)/i3D,4D,5D,6D,7D. The van der Waals surface area contributed by atoms with Gasteiger partial charge in [-0.15, -0.1) is 5.10 Å². The van der Waals surface area contributed by atoms with Crippen LogP contribution in [0.4, 0.5) is 5.95 Å². The topological polar surface area (TPSA) is 137 Å². The molecule has 0 atom stereocenters. The van der Waals surface area contributed by atoms with Crippen LogP contribution in [0.3, 0.4) is 0 Å². The number of rotatable bonds is 5. The van der Waals surface area contributed by atoms with E-state index in [2.05, 4.69) is 20.1 Å². The lowest BCUT2D eigenvalue weighted by Crippen LogP contribution is -2.24. The molecule has 0 bridgehead atoms. The van der Waals surface area contributed by atoms with Gasteiger partial charge in [0.25, 0.3) is 0 Å². The summed E-state index contributed by atoms with van der Waals surface area (Å²) in [7, 11) is 0. The van der Waals surface area contributed by atoms with Gasteiger partial charge in [0.15, 0.2) is 12.0 Å². The first-order valence-electron chi connectivity index (χ1n) is 12.4. The van der Waals surface area contributed by atoms with Crippen LogP contribution in [0.1, 0.15) is 29.7 Å². The van der Waals surface area contributed by atoms with Crippen molar-refractivity contribution in [3.63, 3.8) is 0 Å². The summed E-state index contributed by atoms with van der Waals surface area (Å²) in [6.07, 6.45) is 1.25. The number of fused-ring (bicyclic) bond motifs is 1. The highest BCUT2D eigenvalue weighted by Crippen LogP contribution is 2.34. The molecule has 0 unspecified atom stereocenters. The van der Waals surface area contributed by atoms with Crippen molar-refractivity contribution >= 4 is 11.6 Å². The summed E-state index contributed by atoms with van der Waals surface area (Å²) in [4.78, 5) is 26.1. The number of pyridine rings is 1. The number of hydrogen-bond donors (Lipinski definition) is 2. The van der Waals surface area contributed by atoms with E-state index in [4.69, 9.17) is 17.0 Å². The van der Waals surface area contributed by atoms with Gasteiger partial charge in [-0.25, -0.2) is 23.8 Å². The van der Waals surface area contributed by atoms with Gasteiger partial charge in [-0.1, -0.05) is 30.2 Å². The number of aliphatic hydroxyl groups is 1. The Bertz CT molecular complexity index is 1780. The van der Waals surface area contributed by atoms with Crippen LogP contribution in [-0.4, -0.2) is 34.2 Å². The normalized spacial score (nSPS) is 13.5. The molecule has 5 aromatic rings. The summed E-state index contributed by atoms with van der Waals surface area (Å²) >= 11 is 0. The number of oxazole rings is 1. The third kappa shape index (κ3) is 3.56. The molecule has 0 fully saturated rings. The number of aryl methyl sites for hydroxylation is 2. The largest absolute Gasteiger partial charge is 0.448 e. The predicted octanol–water partition coefficient (Wildman–Crippen LogP) is 2.35. The second-order valence-corrected chi connectivity index (χ2v) is 7.29. The maximum atomic E-state index is 13.4. The molecule has 0 radical (unpaired) electrons. The number of benzene rings is 1. The maximum Gasteiger partial charge on any atom is 0.353 e. The molecule has 0 saturated carbocycles. The zero-order valence-electron chi connectivity index (χ0n) is 22.7. The van der Waals surface area contributed by atoms with Gasteiger partial charge in [0, 0.05) is 11.3 Å². The van der Waals surface area contributed by atoms with Crippen molar-refractivity contribution in [3.05, 3.63) is 82.1 Å². The highest BCUT2D eigenvalue weighted by Gasteiger charge is 2.22. The number of nitrogen functional groups attached to an aromatic ring is 1. The zero-order valence-corrected chi connectivity index (χ0v) is 17.7. The lowest BCUT2D eigenvalue weighted by atomic mass is 9.99. The Morgan fingerprint density at radius 3 is 2.64 bits per heavy atom. The molecule has 0 aliphatic heterocycles. The fraction of sp³-hybridized carbons (Fsp3) is 0.174. The Labute approximate surface area is 195 Å². The summed E-state index contributed by atoms with van der Waals surface area (Å²) in [5, 5.41) is 14.3. The number of hydrogen-bond acceptors (Lipinski definition) is 8. The van der Waals surface area contributed by atoms with Gasteiger partial charge < -0.3 is 15.3 Å². The minimum absolute atomic E-state index is 0.0277. The first kappa shape index (κ1) is 15.5. The van der Waals surface area contributed by atoms with E-state index in [9.17, 15) is 9.90 Å². The molecule has 1 aromatic carbocycles. The van der Waals surface area contributed by atoms with Crippen LogP contribution in [0.25, 0.3) is 28.0 Å². The van der Waals surface area contributed by atoms with Gasteiger partial charge in [0.2, 0.25) is 5.95 Å². The van der Waals surface area contributed by atoms with Crippen LogP contribution >= 0.6 is 0 Å². The molecule has 5 rings (SSSR count). The molecule has 4 heterocycles. The van der Waals surface area contributed by atoms with Crippen LogP contribution in [0.5, 0.6) is 0 Å². The van der Waals surface area contributed by atoms with E-state index < -0.39 is 35.9 Å². The Kier molecular flexibility index (Phi) is 3.75. The number of nitrogens with two attached hydrogens (primary N) is 1. The van der Waals surface area contributed by atoms with Crippen molar-refractivity contribution in [2.24, 2.45) is 0 Å². The summed E-state index contributed by atoms with van der Waals surface area (Å²) in [6.45, 7) is 2.97. The average Bonchev–Trinajstić information content (AvgIpc) is 3.44. The Balaban J connectivity index is 1.93. The second kappa shape index (κ2) is 7.99. The Hall–Kier alpha value is -4.31. The fourth-order valence-corrected chi connectivity index (χ4v) is 3.61. The quantitative estimate of drug-likeness (QED) is 0.418. The highest BCUT2D eigenvalue weighted by atomic mass is 16.3. The lowest BCUT2D eigenvalue weighted by Gasteiger charge is -2.13. The summed E-state index contributed by atoms with van der Waals surface area (Å²) in [5.41, 5.74) is 7.19. The monoisotopic (exact) mass is 448 g/mol. The first-order chi connectivity index (χ1) is 18.0. The number of aliphatic hydroxyl groups excluding tert-OH is 1. The summed E-state index contributed by atoms with van der Waals surface area (Å²) in [5.74, 6) is 0.198. The molecular formula is C23H21N7O3. The van der Waals surface area contributed by atoms with Crippen molar-refractivity contribution in [3.8, 4) is 22.4 Å². The van der Waals surface area contributed by atoms with Crippen LogP contribution < -0.4 is 11.4 Å². The molecule has 0 saturated heterocycles. The van der Waals surface area contributed by atoms with E-state index in [1.54, 1.807) is 26.0 Å². The van der Waals surface area contributed by atoms with E-state index >= 15 is 0 Å². The molecule has 10 nitrogen and oxygen atoms in total. The molecule has 3 N–H and O–H groups in total. The smallest absolute Gasteiger partial charge is 0.353 e. The molecule has 166 valence electrons. The van der Waals surface area contributed by atoms with E-state index in [-0.39, 0.29) is 41.6 Å². The van der Waals surface area contributed by atoms with Gasteiger partial charge in [-0.05, 0) is 31.5 Å². The average molecular weight is 448 g/mol. The maximum absolute atomic E-state index is 13.4. The fourth-order valence-electron chi connectivity index (χ4n) is 3.61. The molecule has 4 aromatic heterocycles. The van der Waals surface area contributed by atoms with Gasteiger partial charge in [0.05, 0.1) is 37.0 Å². The number of nitrogens with zero attached hydrogens (tertiary/aromatic N) is 6. The first-order valence-corrected chi connectivity index (χ1v) is 9.87. The molecule has 0 amide bonds. The summed E-state index contributed by atoms with van der Waals surface area (Å²) < 4.78 is 48.7. The van der Waals surface area contributed by atoms with Crippen molar-refractivity contribution in [1.29, 1.82) is 0 Å². The van der Waals surface area contributed by atoms with Gasteiger partial charge in [-0.3, -0.25) is 4.98 Å². The Morgan fingerprint density at radius 1 is 1.15 bits per heavy atom. The molecule has 33 heavy (non-hydrogen) atoms. The van der Waals surface area contributed by atoms with Gasteiger partial charge in [-0.2, -0.15) is 0 Å². The van der Waals surface area contributed by atoms with Crippen molar-refractivity contribution in [1.82, 2.24) is 29.1 Å². The molecule has 0 aliphatic rings. The van der Waals surface area contributed by atoms with Crippen molar-refractivity contribution < 1.29 is 16.4 Å². The predicted molar refractivity (Wildman–Crippen MR) is 121 cm³/mol. The second-order valence-electron chi connectivity index (χ2n) is 7.29. The third-order valence-corrected chi connectivity index (χ3v) is 5.09. The van der Waals surface area contributed by atoms with Gasteiger partial charge >= 0.3 is 5.69 Å². The van der Waals surface area contributed by atoms with Crippen LogP contribution in [0.15, 0.2) is 58.0 Å². The molecular weight excluding hydrogens is 422 g/mol.